The van der Waals surface area contributed by atoms with Crippen LogP contribution in [0.15, 0.2) is 47.4 Å². The maximum atomic E-state index is 10.0. The zero-order valence-electron chi connectivity index (χ0n) is 19.9. The fraction of sp³-hybridized carbons (Fsp3) is 0.400. The highest BCUT2D eigenvalue weighted by Crippen LogP contribution is 2.50. The molecule has 1 atom stereocenters. The van der Waals surface area contributed by atoms with Crippen LogP contribution in [0.5, 0.6) is 0 Å². The molecule has 9 heteroatoms. The van der Waals surface area contributed by atoms with Gasteiger partial charge in [-0.05, 0) is 52.0 Å². The highest BCUT2D eigenvalue weighted by molar-refractivity contribution is 5.61. The second kappa shape index (κ2) is 8.02. The Labute approximate surface area is 198 Å². The van der Waals surface area contributed by atoms with Gasteiger partial charge in [-0.3, -0.25) is 4.68 Å². The number of nitrogens with zero attached hydrogens (tertiary/aromatic N) is 6. The molecule has 1 aromatic carbocycles. The van der Waals surface area contributed by atoms with E-state index in [4.69, 9.17) is 15.2 Å². The van der Waals surface area contributed by atoms with Crippen molar-refractivity contribution in [3.05, 3.63) is 59.9 Å². The SMILES string of the molecule is Cc1nc(-c2ccc(C(C)(c3noc(-c4cnn(CC(C)(C)O)c4)n3)C3CC3)cc2)cnc1N. The predicted octanol–water partition coefficient (Wildman–Crippen LogP) is 3.77. The molecule has 176 valence electrons. The number of aromatic nitrogens is 6. The Kier molecular flexibility index (Phi) is 5.24. The zero-order valence-corrected chi connectivity index (χ0v) is 19.9. The molecule has 9 nitrogen and oxygen atoms in total. The summed E-state index contributed by atoms with van der Waals surface area (Å²) in [6, 6.07) is 8.32. The summed E-state index contributed by atoms with van der Waals surface area (Å²) >= 11 is 0. The largest absolute Gasteiger partial charge is 0.389 e. The summed E-state index contributed by atoms with van der Waals surface area (Å²) in [5, 5.41) is 18.7. The van der Waals surface area contributed by atoms with Crippen molar-refractivity contribution in [2.24, 2.45) is 5.92 Å². The van der Waals surface area contributed by atoms with Gasteiger partial charge in [0.1, 0.15) is 5.82 Å². The molecule has 0 bridgehead atoms. The van der Waals surface area contributed by atoms with Gasteiger partial charge in [-0.1, -0.05) is 29.4 Å². The van der Waals surface area contributed by atoms with Gasteiger partial charge in [0.25, 0.3) is 5.89 Å². The molecule has 0 spiro atoms. The Hall–Kier alpha value is -3.59. The minimum atomic E-state index is -0.864. The van der Waals surface area contributed by atoms with Crippen LogP contribution in [0.4, 0.5) is 5.82 Å². The summed E-state index contributed by atoms with van der Waals surface area (Å²) in [6.45, 7) is 7.89. The summed E-state index contributed by atoms with van der Waals surface area (Å²) < 4.78 is 7.33. The fourth-order valence-electron chi connectivity index (χ4n) is 4.33. The van der Waals surface area contributed by atoms with E-state index in [-0.39, 0.29) is 5.41 Å². The minimum Gasteiger partial charge on any atom is -0.389 e. The molecular weight excluding hydrogens is 430 g/mol. The third kappa shape index (κ3) is 4.19. The molecule has 4 aromatic rings. The first kappa shape index (κ1) is 22.2. The van der Waals surface area contributed by atoms with Gasteiger partial charge in [-0.2, -0.15) is 10.1 Å². The van der Waals surface area contributed by atoms with Crippen molar-refractivity contribution in [3.8, 4) is 22.7 Å². The summed E-state index contributed by atoms with van der Waals surface area (Å²) in [6.07, 6.45) is 7.43. The third-order valence-electron chi connectivity index (χ3n) is 6.48. The second-order valence-corrected chi connectivity index (χ2v) is 9.94. The van der Waals surface area contributed by atoms with Gasteiger partial charge >= 0.3 is 0 Å². The van der Waals surface area contributed by atoms with Crippen LogP contribution in [0.2, 0.25) is 0 Å². The molecule has 0 saturated heterocycles. The van der Waals surface area contributed by atoms with Crippen LogP contribution in [0, 0.1) is 12.8 Å². The number of benzene rings is 1. The first-order valence-electron chi connectivity index (χ1n) is 11.4. The van der Waals surface area contributed by atoms with Crippen LogP contribution in [0.25, 0.3) is 22.7 Å². The fourth-order valence-corrected chi connectivity index (χ4v) is 4.33. The van der Waals surface area contributed by atoms with Gasteiger partial charge in [-0.15, -0.1) is 0 Å². The maximum absolute atomic E-state index is 10.0. The smallest absolute Gasteiger partial charge is 0.261 e. The maximum Gasteiger partial charge on any atom is 0.261 e. The average Bonchev–Trinajstić information content (AvgIpc) is 3.36. The van der Waals surface area contributed by atoms with Crippen molar-refractivity contribution in [3.63, 3.8) is 0 Å². The van der Waals surface area contributed by atoms with Gasteiger partial charge in [0.05, 0.1) is 46.9 Å². The topological polar surface area (TPSA) is 129 Å². The lowest BCUT2D eigenvalue weighted by molar-refractivity contribution is 0.0577. The first-order valence-corrected chi connectivity index (χ1v) is 11.4. The van der Waals surface area contributed by atoms with Crippen LogP contribution in [0.1, 0.15) is 50.7 Å². The minimum absolute atomic E-state index is 0.369. The standard InChI is InChI=1S/C25H29N7O2/c1-15-21(26)27-12-20(29-15)16-5-7-18(8-6-16)25(4,19-9-10-19)23-30-22(34-31-23)17-11-28-32(13-17)14-24(2,3)33/h5-8,11-13,19,33H,9-10,14H2,1-4H3,(H2,26,27). The van der Waals surface area contributed by atoms with E-state index in [1.807, 2.05) is 13.1 Å². The lowest BCUT2D eigenvalue weighted by Crippen LogP contribution is -2.28. The second-order valence-electron chi connectivity index (χ2n) is 9.94. The van der Waals surface area contributed by atoms with E-state index >= 15 is 0 Å². The van der Waals surface area contributed by atoms with E-state index in [1.165, 1.54) is 0 Å². The summed E-state index contributed by atoms with van der Waals surface area (Å²) in [5.74, 6) is 1.98. The summed E-state index contributed by atoms with van der Waals surface area (Å²) in [7, 11) is 0. The monoisotopic (exact) mass is 459 g/mol. The Morgan fingerprint density at radius 2 is 1.82 bits per heavy atom. The molecule has 5 rings (SSSR count). The van der Waals surface area contributed by atoms with Crippen molar-refractivity contribution in [1.82, 2.24) is 29.9 Å². The molecule has 1 unspecified atom stereocenters. The van der Waals surface area contributed by atoms with E-state index in [1.54, 1.807) is 30.9 Å². The molecule has 1 aliphatic rings. The number of hydrogen-bond donors (Lipinski definition) is 2. The molecule has 0 aliphatic heterocycles. The summed E-state index contributed by atoms with van der Waals surface area (Å²) in [4.78, 5) is 13.5. The number of hydrogen-bond acceptors (Lipinski definition) is 8. The Balaban J connectivity index is 1.44. The normalized spacial score (nSPS) is 15.9. The number of aliphatic hydroxyl groups is 1. The van der Waals surface area contributed by atoms with Crippen molar-refractivity contribution in [2.75, 3.05) is 5.73 Å². The quantitative estimate of drug-likeness (QED) is 0.427. The lowest BCUT2D eigenvalue weighted by Gasteiger charge is -2.27. The van der Waals surface area contributed by atoms with E-state index in [0.717, 1.165) is 40.9 Å². The van der Waals surface area contributed by atoms with Crippen LogP contribution >= 0.6 is 0 Å². The molecule has 0 amide bonds. The Morgan fingerprint density at radius 3 is 2.47 bits per heavy atom. The van der Waals surface area contributed by atoms with E-state index in [0.29, 0.717) is 30.0 Å². The zero-order chi connectivity index (χ0) is 24.1. The number of anilines is 1. The molecule has 34 heavy (non-hydrogen) atoms. The predicted molar refractivity (Wildman–Crippen MR) is 128 cm³/mol. The Bertz CT molecular complexity index is 1320. The van der Waals surface area contributed by atoms with Crippen LogP contribution in [-0.4, -0.2) is 40.6 Å². The number of rotatable bonds is 7. The highest BCUT2D eigenvalue weighted by Gasteiger charge is 2.47. The Morgan fingerprint density at radius 1 is 1.09 bits per heavy atom. The lowest BCUT2D eigenvalue weighted by atomic mass is 9.77. The van der Waals surface area contributed by atoms with Gasteiger partial charge in [0.15, 0.2) is 5.82 Å². The average molecular weight is 460 g/mol. The number of nitrogens with two attached hydrogens (primary N) is 1. The van der Waals surface area contributed by atoms with Crippen LogP contribution < -0.4 is 5.73 Å². The van der Waals surface area contributed by atoms with E-state index in [9.17, 15) is 5.11 Å². The summed E-state index contributed by atoms with van der Waals surface area (Å²) in [5.41, 5.74) is 8.92. The molecule has 0 radical (unpaired) electrons. The number of aryl methyl sites for hydroxylation is 1. The van der Waals surface area contributed by atoms with E-state index < -0.39 is 5.60 Å². The van der Waals surface area contributed by atoms with Crippen molar-refractivity contribution < 1.29 is 9.63 Å². The van der Waals surface area contributed by atoms with Crippen LogP contribution in [0.3, 0.4) is 0 Å². The van der Waals surface area contributed by atoms with Crippen molar-refractivity contribution in [2.45, 2.75) is 58.1 Å². The van der Waals surface area contributed by atoms with Crippen molar-refractivity contribution >= 4 is 5.82 Å². The van der Waals surface area contributed by atoms with Gasteiger partial charge in [-0.25, -0.2) is 9.97 Å². The number of nitrogen functional groups attached to an aromatic ring is 1. The molecule has 3 aromatic heterocycles. The first-order chi connectivity index (χ1) is 16.1. The third-order valence-corrected chi connectivity index (χ3v) is 6.48. The van der Waals surface area contributed by atoms with Crippen molar-refractivity contribution in [1.29, 1.82) is 0 Å². The highest BCUT2D eigenvalue weighted by atomic mass is 16.5. The molecule has 1 aliphatic carbocycles. The van der Waals surface area contributed by atoms with Crippen LogP contribution in [-0.2, 0) is 12.0 Å². The molecule has 1 saturated carbocycles. The molecule has 3 N–H and O–H groups in total. The van der Waals surface area contributed by atoms with E-state index in [2.05, 4.69) is 51.4 Å². The van der Waals surface area contributed by atoms with Gasteiger partial charge in [0, 0.05) is 11.8 Å². The molecule has 3 heterocycles. The van der Waals surface area contributed by atoms with Gasteiger partial charge < -0.3 is 15.4 Å². The molecule has 1 fully saturated rings. The van der Waals surface area contributed by atoms with Gasteiger partial charge in [0.2, 0.25) is 0 Å². The molecular formula is C25H29N7O2.